The molecule has 30 heavy (non-hydrogen) atoms. The summed E-state index contributed by atoms with van der Waals surface area (Å²) in [4.78, 5) is 29.2. The van der Waals surface area contributed by atoms with Crippen LogP contribution in [0.15, 0.2) is 60.2 Å². The number of amides is 1. The second-order valence-corrected chi connectivity index (χ2v) is 7.32. The molecule has 1 fully saturated rings. The molecule has 1 unspecified atom stereocenters. The third-order valence-corrected chi connectivity index (χ3v) is 5.13. The minimum Gasteiger partial charge on any atom is -0.507 e. The molecule has 0 saturated carbocycles. The minimum atomic E-state index is -0.694. The highest BCUT2D eigenvalue weighted by molar-refractivity contribution is 6.46. The lowest BCUT2D eigenvalue weighted by Crippen LogP contribution is -2.36. The second kappa shape index (κ2) is 9.56. The molecule has 1 aliphatic rings. The Bertz CT molecular complexity index is 923. The molecule has 0 aromatic heterocycles. The fraction of sp³-hybridized carbons (Fsp3) is 0.304. The number of nitrogens with zero attached hydrogens (tertiary/aromatic N) is 2. The molecular formula is C23H27N3O4. The van der Waals surface area contributed by atoms with E-state index in [1.54, 1.807) is 24.3 Å². The van der Waals surface area contributed by atoms with E-state index in [0.717, 1.165) is 11.3 Å². The standard InChI is InChI=1S/C23H27N3O4/c1-25(2)18-10-8-16(9-11-18)20-19(21(28)17-6-4-3-5-7-17)22(29)23(30)26(20)14-12-24-13-15-27/h3-11,20,24,27-28H,12-15H2,1-2H3/b21-19-. The van der Waals surface area contributed by atoms with E-state index in [1.807, 2.05) is 49.3 Å². The Kier molecular flexibility index (Phi) is 6.87. The number of benzene rings is 2. The Labute approximate surface area is 176 Å². The zero-order chi connectivity index (χ0) is 21.7. The van der Waals surface area contributed by atoms with Crippen molar-refractivity contribution in [3.8, 4) is 0 Å². The van der Waals surface area contributed by atoms with Gasteiger partial charge >= 0.3 is 0 Å². The molecule has 0 aliphatic carbocycles. The zero-order valence-electron chi connectivity index (χ0n) is 17.2. The molecule has 3 rings (SSSR count). The highest BCUT2D eigenvalue weighted by atomic mass is 16.3. The number of aliphatic hydroxyl groups excluding tert-OH is 2. The third-order valence-electron chi connectivity index (χ3n) is 5.13. The fourth-order valence-corrected chi connectivity index (χ4v) is 3.57. The van der Waals surface area contributed by atoms with Gasteiger partial charge in [-0.05, 0) is 17.7 Å². The van der Waals surface area contributed by atoms with Crippen molar-refractivity contribution in [1.29, 1.82) is 0 Å². The number of rotatable bonds is 8. The molecule has 1 heterocycles. The van der Waals surface area contributed by atoms with Crippen LogP contribution in [-0.2, 0) is 9.59 Å². The second-order valence-electron chi connectivity index (χ2n) is 7.32. The molecule has 158 valence electrons. The average molecular weight is 409 g/mol. The van der Waals surface area contributed by atoms with Gasteiger partial charge in [-0.25, -0.2) is 0 Å². The molecule has 3 N–H and O–H groups in total. The van der Waals surface area contributed by atoms with Crippen molar-refractivity contribution in [2.24, 2.45) is 0 Å². The van der Waals surface area contributed by atoms with Crippen LogP contribution in [-0.4, -0.2) is 67.1 Å². The van der Waals surface area contributed by atoms with Crippen LogP contribution < -0.4 is 10.2 Å². The Morgan fingerprint density at radius 3 is 2.30 bits per heavy atom. The van der Waals surface area contributed by atoms with Gasteiger partial charge in [0.2, 0.25) is 0 Å². The highest BCUT2D eigenvalue weighted by Gasteiger charge is 2.45. The number of hydrogen-bond acceptors (Lipinski definition) is 6. The smallest absolute Gasteiger partial charge is 0.295 e. The van der Waals surface area contributed by atoms with Crippen molar-refractivity contribution >= 4 is 23.1 Å². The van der Waals surface area contributed by atoms with Crippen molar-refractivity contribution in [1.82, 2.24) is 10.2 Å². The first kappa shape index (κ1) is 21.5. The van der Waals surface area contributed by atoms with Crippen molar-refractivity contribution in [3.05, 3.63) is 71.3 Å². The summed E-state index contributed by atoms with van der Waals surface area (Å²) >= 11 is 0. The SMILES string of the molecule is CN(C)c1ccc(C2/C(=C(/O)c3ccccc3)C(=O)C(=O)N2CCNCCO)cc1. The van der Waals surface area contributed by atoms with Gasteiger partial charge in [-0.15, -0.1) is 0 Å². The summed E-state index contributed by atoms with van der Waals surface area (Å²) in [6, 6.07) is 15.7. The van der Waals surface area contributed by atoms with E-state index >= 15 is 0 Å². The number of Topliss-reactive ketones (excluding diaryl/α,β-unsaturated/α-hetero) is 1. The lowest BCUT2D eigenvalue weighted by atomic mass is 9.95. The number of hydrogen-bond donors (Lipinski definition) is 3. The van der Waals surface area contributed by atoms with Crippen LogP contribution in [0.5, 0.6) is 0 Å². The summed E-state index contributed by atoms with van der Waals surface area (Å²) in [7, 11) is 3.87. The van der Waals surface area contributed by atoms with E-state index in [4.69, 9.17) is 5.11 Å². The van der Waals surface area contributed by atoms with E-state index in [0.29, 0.717) is 18.7 Å². The zero-order valence-corrected chi connectivity index (χ0v) is 17.2. The molecule has 2 aromatic rings. The number of carbonyl (C=O) groups is 2. The van der Waals surface area contributed by atoms with Crippen LogP contribution >= 0.6 is 0 Å². The van der Waals surface area contributed by atoms with Gasteiger partial charge in [0.1, 0.15) is 5.76 Å². The summed E-state index contributed by atoms with van der Waals surface area (Å²) in [6.07, 6.45) is 0. The summed E-state index contributed by atoms with van der Waals surface area (Å²) in [5, 5.41) is 22.9. The summed E-state index contributed by atoms with van der Waals surface area (Å²) in [6.45, 7) is 1.08. The molecule has 1 atom stereocenters. The molecule has 1 aliphatic heterocycles. The maximum Gasteiger partial charge on any atom is 0.295 e. The van der Waals surface area contributed by atoms with Crippen LogP contribution in [0.1, 0.15) is 17.2 Å². The minimum absolute atomic E-state index is 0.0117. The number of carbonyl (C=O) groups excluding carboxylic acids is 2. The molecule has 7 nitrogen and oxygen atoms in total. The van der Waals surface area contributed by atoms with Gasteiger partial charge in [0, 0.05) is 45.0 Å². The quantitative estimate of drug-likeness (QED) is 0.266. The summed E-state index contributed by atoms with van der Waals surface area (Å²) in [5.74, 6) is -1.51. The molecule has 0 radical (unpaired) electrons. The number of aliphatic hydroxyl groups is 2. The van der Waals surface area contributed by atoms with E-state index < -0.39 is 17.7 Å². The molecule has 7 heteroatoms. The maximum absolute atomic E-state index is 12.9. The molecule has 0 bridgehead atoms. The Morgan fingerprint density at radius 1 is 1.03 bits per heavy atom. The average Bonchev–Trinajstić information content (AvgIpc) is 3.01. The number of anilines is 1. The first-order chi connectivity index (χ1) is 14.5. The fourth-order valence-electron chi connectivity index (χ4n) is 3.57. The van der Waals surface area contributed by atoms with Crippen LogP contribution in [0.4, 0.5) is 5.69 Å². The molecular weight excluding hydrogens is 382 g/mol. The largest absolute Gasteiger partial charge is 0.507 e. The van der Waals surface area contributed by atoms with Crippen LogP contribution in [0.3, 0.4) is 0 Å². The topological polar surface area (TPSA) is 93.1 Å². The van der Waals surface area contributed by atoms with Gasteiger partial charge in [-0.3, -0.25) is 9.59 Å². The first-order valence-electron chi connectivity index (χ1n) is 9.88. The maximum atomic E-state index is 12.9. The van der Waals surface area contributed by atoms with Gasteiger partial charge in [-0.2, -0.15) is 0 Å². The van der Waals surface area contributed by atoms with Gasteiger partial charge < -0.3 is 25.3 Å². The van der Waals surface area contributed by atoms with Gasteiger partial charge in [-0.1, -0.05) is 42.5 Å². The predicted molar refractivity (Wildman–Crippen MR) is 116 cm³/mol. The lowest BCUT2D eigenvalue weighted by molar-refractivity contribution is -0.139. The first-order valence-corrected chi connectivity index (χ1v) is 9.88. The molecule has 1 saturated heterocycles. The number of likely N-dealkylation sites (tertiary alicyclic amines) is 1. The summed E-state index contributed by atoms with van der Waals surface area (Å²) in [5.41, 5.74) is 2.32. The predicted octanol–water partition coefficient (Wildman–Crippen LogP) is 1.76. The lowest BCUT2D eigenvalue weighted by Gasteiger charge is -2.26. The van der Waals surface area contributed by atoms with E-state index in [2.05, 4.69) is 5.32 Å². The Morgan fingerprint density at radius 2 is 1.70 bits per heavy atom. The van der Waals surface area contributed by atoms with E-state index in [9.17, 15) is 14.7 Å². The van der Waals surface area contributed by atoms with Crippen molar-refractivity contribution < 1.29 is 19.8 Å². The van der Waals surface area contributed by atoms with Gasteiger partial charge in [0.15, 0.2) is 0 Å². The third kappa shape index (κ3) is 4.37. The van der Waals surface area contributed by atoms with Crippen molar-refractivity contribution in [3.63, 3.8) is 0 Å². The van der Waals surface area contributed by atoms with Gasteiger partial charge in [0.25, 0.3) is 11.7 Å². The number of nitrogens with one attached hydrogen (secondary N) is 1. The molecule has 2 aromatic carbocycles. The number of ketones is 1. The normalized spacial score (nSPS) is 18.1. The van der Waals surface area contributed by atoms with Crippen molar-refractivity contribution in [2.75, 3.05) is 45.2 Å². The Hall–Kier alpha value is -3.16. The van der Waals surface area contributed by atoms with Crippen LogP contribution in [0, 0.1) is 0 Å². The van der Waals surface area contributed by atoms with Crippen LogP contribution in [0.2, 0.25) is 0 Å². The summed E-state index contributed by atoms with van der Waals surface area (Å²) < 4.78 is 0. The van der Waals surface area contributed by atoms with E-state index in [-0.39, 0.29) is 24.5 Å². The van der Waals surface area contributed by atoms with Crippen molar-refractivity contribution in [2.45, 2.75) is 6.04 Å². The Balaban J connectivity index is 2.05. The van der Waals surface area contributed by atoms with Gasteiger partial charge in [0.05, 0.1) is 18.2 Å². The molecule has 1 amide bonds. The van der Waals surface area contributed by atoms with E-state index in [1.165, 1.54) is 4.90 Å². The highest BCUT2D eigenvalue weighted by Crippen LogP contribution is 2.39. The monoisotopic (exact) mass is 409 g/mol. The molecule has 0 spiro atoms. The van der Waals surface area contributed by atoms with Crippen LogP contribution in [0.25, 0.3) is 5.76 Å².